The van der Waals surface area contributed by atoms with Gasteiger partial charge in [0.1, 0.15) is 0 Å². The van der Waals surface area contributed by atoms with Crippen molar-refractivity contribution in [3.05, 3.63) is 0 Å². The minimum atomic E-state index is -2.88. The molecule has 1 saturated heterocycles. The van der Waals surface area contributed by atoms with Gasteiger partial charge in [-0.25, -0.2) is 8.42 Å². The van der Waals surface area contributed by atoms with Crippen LogP contribution >= 0.6 is 12.4 Å². The summed E-state index contributed by atoms with van der Waals surface area (Å²) < 4.78 is 22.9. The number of rotatable bonds is 6. The zero-order valence-electron chi connectivity index (χ0n) is 12.6. The van der Waals surface area contributed by atoms with E-state index in [4.69, 9.17) is 5.73 Å². The highest BCUT2D eigenvalue weighted by molar-refractivity contribution is 7.91. The molecule has 5 nitrogen and oxygen atoms in total. The van der Waals surface area contributed by atoms with Crippen LogP contribution in [0.4, 0.5) is 0 Å². The van der Waals surface area contributed by atoms with Gasteiger partial charge >= 0.3 is 0 Å². The van der Waals surface area contributed by atoms with Crippen molar-refractivity contribution in [2.24, 2.45) is 17.1 Å². The van der Waals surface area contributed by atoms with Gasteiger partial charge in [-0.1, -0.05) is 13.8 Å². The van der Waals surface area contributed by atoms with E-state index in [0.29, 0.717) is 32.4 Å². The number of hydrogen-bond donors (Lipinski definition) is 1. The summed E-state index contributed by atoms with van der Waals surface area (Å²) in [6.07, 6.45) is 2.09. The minimum Gasteiger partial charge on any atom is -0.345 e. The number of nitrogens with two attached hydrogens (primary N) is 1. The van der Waals surface area contributed by atoms with E-state index in [1.165, 1.54) is 0 Å². The molecule has 2 N–H and O–H groups in total. The summed E-state index contributed by atoms with van der Waals surface area (Å²) >= 11 is 0. The van der Waals surface area contributed by atoms with Gasteiger partial charge in [0.05, 0.1) is 16.9 Å². The molecule has 1 fully saturated rings. The maximum atomic E-state index is 12.5. The third-order valence-electron chi connectivity index (χ3n) is 4.40. The molecule has 0 bridgehead atoms. The van der Waals surface area contributed by atoms with Crippen molar-refractivity contribution in [3.8, 4) is 0 Å². The zero-order valence-corrected chi connectivity index (χ0v) is 14.2. The highest BCUT2D eigenvalue weighted by Crippen LogP contribution is 2.28. The van der Waals surface area contributed by atoms with Gasteiger partial charge in [-0.15, -0.1) is 12.4 Å². The molecule has 0 spiro atoms. The quantitative estimate of drug-likeness (QED) is 0.791. The number of halogens is 1. The highest BCUT2D eigenvalue weighted by Gasteiger charge is 2.37. The molecule has 7 heteroatoms. The molecule has 20 heavy (non-hydrogen) atoms. The highest BCUT2D eigenvalue weighted by atomic mass is 35.5. The van der Waals surface area contributed by atoms with Gasteiger partial charge in [0.15, 0.2) is 9.84 Å². The molecule has 1 aliphatic rings. The standard InChI is InChI=1S/C13H26N2O3S.ClH/c1-4-13(5-2,10-14)12(16)15(3)8-11-6-7-19(17,18)9-11;/h11H,4-10,14H2,1-3H3;1H. The molecule has 1 heterocycles. The van der Waals surface area contributed by atoms with Crippen molar-refractivity contribution in [3.63, 3.8) is 0 Å². The Morgan fingerprint density at radius 2 is 1.90 bits per heavy atom. The first-order chi connectivity index (χ1) is 8.80. The number of sulfone groups is 1. The first-order valence-electron chi connectivity index (χ1n) is 6.96. The van der Waals surface area contributed by atoms with Crippen molar-refractivity contribution >= 4 is 28.2 Å². The first kappa shape index (κ1) is 19.7. The Kier molecular flexibility index (Phi) is 7.49. The van der Waals surface area contributed by atoms with Gasteiger partial charge in [-0.3, -0.25) is 4.79 Å². The normalized spacial score (nSPS) is 21.3. The van der Waals surface area contributed by atoms with Crippen LogP contribution in [-0.4, -0.2) is 50.9 Å². The molecule has 1 unspecified atom stereocenters. The van der Waals surface area contributed by atoms with E-state index in [1.807, 2.05) is 13.8 Å². The third kappa shape index (κ3) is 4.33. The first-order valence-corrected chi connectivity index (χ1v) is 8.78. The fourth-order valence-electron chi connectivity index (χ4n) is 2.82. The Balaban J connectivity index is 0.00000361. The van der Waals surface area contributed by atoms with Crippen LogP contribution in [0.25, 0.3) is 0 Å². The molecule has 0 radical (unpaired) electrons. The van der Waals surface area contributed by atoms with E-state index in [0.717, 1.165) is 0 Å². The van der Waals surface area contributed by atoms with Gasteiger partial charge in [-0.2, -0.15) is 0 Å². The molecule has 0 saturated carbocycles. The smallest absolute Gasteiger partial charge is 0.229 e. The summed E-state index contributed by atoms with van der Waals surface area (Å²) in [5.74, 6) is 0.578. The number of hydrogen-bond acceptors (Lipinski definition) is 4. The average Bonchev–Trinajstić information content (AvgIpc) is 2.71. The van der Waals surface area contributed by atoms with Crippen molar-refractivity contribution in [2.75, 3.05) is 31.6 Å². The predicted octanol–water partition coefficient (Wildman–Crippen LogP) is 1.07. The lowest BCUT2D eigenvalue weighted by Gasteiger charge is -2.34. The SMILES string of the molecule is CCC(CC)(CN)C(=O)N(C)CC1CCS(=O)(=O)C1.Cl. The molecule has 0 aromatic carbocycles. The van der Waals surface area contributed by atoms with E-state index in [1.54, 1.807) is 11.9 Å². The van der Waals surface area contributed by atoms with Gasteiger partial charge in [0.2, 0.25) is 5.91 Å². The lowest BCUT2D eigenvalue weighted by Crippen LogP contribution is -2.47. The summed E-state index contributed by atoms with van der Waals surface area (Å²) in [6, 6.07) is 0. The van der Waals surface area contributed by atoms with Gasteiger partial charge in [0.25, 0.3) is 0 Å². The number of carbonyl (C=O) groups excluding carboxylic acids is 1. The van der Waals surface area contributed by atoms with E-state index in [2.05, 4.69) is 0 Å². The van der Waals surface area contributed by atoms with E-state index < -0.39 is 15.3 Å². The Hall–Kier alpha value is -0.330. The maximum Gasteiger partial charge on any atom is 0.229 e. The Bertz CT molecular complexity index is 413. The fourth-order valence-corrected chi connectivity index (χ4v) is 4.67. The summed E-state index contributed by atoms with van der Waals surface area (Å²) in [5, 5.41) is 0. The van der Waals surface area contributed by atoms with Crippen molar-refractivity contribution < 1.29 is 13.2 Å². The Labute approximate surface area is 128 Å². The molecule has 0 aliphatic carbocycles. The Morgan fingerprint density at radius 3 is 2.25 bits per heavy atom. The zero-order chi connectivity index (χ0) is 14.7. The maximum absolute atomic E-state index is 12.5. The number of amides is 1. The second kappa shape index (κ2) is 7.61. The van der Waals surface area contributed by atoms with Crippen molar-refractivity contribution in [1.29, 1.82) is 0 Å². The van der Waals surface area contributed by atoms with Crippen molar-refractivity contribution in [2.45, 2.75) is 33.1 Å². The van der Waals surface area contributed by atoms with Crippen LogP contribution in [0.2, 0.25) is 0 Å². The molecule has 0 aromatic rings. The third-order valence-corrected chi connectivity index (χ3v) is 6.24. The fraction of sp³-hybridized carbons (Fsp3) is 0.923. The summed E-state index contributed by atoms with van der Waals surface area (Å²) in [5.41, 5.74) is 5.28. The molecule has 1 aliphatic heterocycles. The molecule has 120 valence electrons. The van der Waals surface area contributed by atoms with Gasteiger partial charge in [-0.05, 0) is 25.2 Å². The second-order valence-electron chi connectivity index (χ2n) is 5.65. The summed E-state index contributed by atoms with van der Waals surface area (Å²) in [7, 11) is -1.13. The topological polar surface area (TPSA) is 80.5 Å². The van der Waals surface area contributed by atoms with E-state index >= 15 is 0 Å². The number of carbonyl (C=O) groups is 1. The van der Waals surface area contributed by atoms with Gasteiger partial charge < -0.3 is 10.6 Å². The van der Waals surface area contributed by atoms with Crippen LogP contribution in [-0.2, 0) is 14.6 Å². The van der Waals surface area contributed by atoms with E-state index in [9.17, 15) is 13.2 Å². The Morgan fingerprint density at radius 1 is 1.35 bits per heavy atom. The largest absolute Gasteiger partial charge is 0.345 e. The predicted molar refractivity (Wildman–Crippen MR) is 83.7 cm³/mol. The molecular weight excluding hydrogens is 300 g/mol. The lowest BCUT2D eigenvalue weighted by molar-refractivity contribution is -0.141. The monoisotopic (exact) mass is 326 g/mol. The van der Waals surface area contributed by atoms with Crippen LogP contribution in [0.5, 0.6) is 0 Å². The van der Waals surface area contributed by atoms with Crippen LogP contribution < -0.4 is 5.73 Å². The second-order valence-corrected chi connectivity index (χ2v) is 7.88. The van der Waals surface area contributed by atoms with E-state index in [-0.39, 0.29) is 35.7 Å². The average molecular weight is 327 g/mol. The van der Waals surface area contributed by atoms with Gasteiger partial charge in [0, 0.05) is 20.1 Å². The van der Waals surface area contributed by atoms with Crippen LogP contribution in [0.15, 0.2) is 0 Å². The number of nitrogens with zero attached hydrogens (tertiary/aromatic N) is 1. The van der Waals surface area contributed by atoms with Crippen LogP contribution in [0.1, 0.15) is 33.1 Å². The molecule has 1 atom stereocenters. The summed E-state index contributed by atoms with van der Waals surface area (Å²) in [6.45, 7) is 4.80. The minimum absolute atomic E-state index is 0. The summed E-state index contributed by atoms with van der Waals surface area (Å²) in [4.78, 5) is 14.2. The van der Waals surface area contributed by atoms with Crippen molar-refractivity contribution in [1.82, 2.24) is 4.90 Å². The lowest BCUT2D eigenvalue weighted by atomic mass is 9.81. The molecular formula is C13H27ClN2O3S. The van der Waals surface area contributed by atoms with Crippen LogP contribution in [0.3, 0.4) is 0 Å². The van der Waals surface area contributed by atoms with Crippen LogP contribution in [0, 0.1) is 11.3 Å². The molecule has 1 rings (SSSR count). The molecule has 1 amide bonds. The molecule has 0 aromatic heterocycles.